The molecular weight excluding hydrogens is 278 g/mol. The summed E-state index contributed by atoms with van der Waals surface area (Å²) in [7, 11) is 1.69. The lowest BCUT2D eigenvalue weighted by Gasteiger charge is -2.24. The van der Waals surface area contributed by atoms with Gasteiger partial charge in [-0.1, -0.05) is 11.6 Å². The first-order valence-electron chi connectivity index (χ1n) is 6.02. The Morgan fingerprint density at radius 2 is 2.15 bits per heavy atom. The van der Waals surface area contributed by atoms with E-state index in [-0.39, 0.29) is 22.7 Å². The SMILES string of the molecule is C[C@@H](c1ccncn1)N(C)C(=O)c1ccc(O)c(Cl)c1. The lowest BCUT2D eigenvalue weighted by atomic mass is 10.1. The Kier molecular flexibility index (Phi) is 4.20. The molecule has 0 spiro atoms. The van der Waals surface area contributed by atoms with Crippen LogP contribution in [0.1, 0.15) is 29.0 Å². The molecule has 0 saturated carbocycles. The maximum Gasteiger partial charge on any atom is 0.254 e. The second-order valence-electron chi connectivity index (χ2n) is 4.39. The predicted octanol–water partition coefficient (Wildman–Crippen LogP) is 2.67. The number of hydrogen-bond donors (Lipinski definition) is 1. The fourth-order valence-electron chi connectivity index (χ4n) is 1.77. The van der Waals surface area contributed by atoms with E-state index in [9.17, 15) is 9.90 Å². The van der Waals surface area contributed by atoms with E-state index in [0.29, 0.717) is 5.56 Å². The number of carbonyl (C=O) groups is 1. The third kappa shape index (κ3) is 2.88. The first-order valence-corrected chi connectivity index (χ1v) is 6.40. The summed E-state index contributed by atoms with van der Waals surface area (Å²) < 4.78 is 0. The number of rotatable bonds is 3. The number of aromatic hydroxyl groups is 1. The first kappa shape index (κ1) is 14.3. The van der Waals surface area contributed by atoms with E-state index in [2.05, 4.69) is 9.97 Å². The van der Waals surface area contributed by atoms with Crippen LogP contribution in [0.2, 0.25) is 5.02 Å². The number of carbonyl (C=O) groups excluding carboxylic acids is 1. The van der Waals surface area contributed by atoms with Gasteiger partial charge >= 0.3 is 0 Å². The molecule has 0 unspecified atom stereocenters. The third-order valence-corrected chi connectivity index (χ3v) is 3.43. The van der Waals surface area contributed by atoms with Crippen LogP contribution in [0, 0.1) is 0 Å². The minimum Gasteiger partial charge on any atom is -0.506 e. The van der Waals surface area contributed by atoms with Gasteiger partial charge in [0, 0.05) is 18.8 Å². The molecule has 6 heteroatoms. The topological polar surface area (TPSA) is 66.3 Å². The minimum absolute atomic E-state index is 0.0466. The first-order chi connectivity index (χ1) is 9.50. The maximum atomic E-state index is 12.4. The second kappa shape index (κ2) is 5.88. The number of amides is 1. The summed E-state index contributed by atoms with van der Waals surface area (Å²) >= 11 is 5.82. The van der Waals surface area contributed by atoms with Gasteiger partial charge < -0.3 is 10.0 Å². The van der Waals surface area contributed by atoms with Crippen LogP contribution in [0.3, 0.4) is 0 Å². The van der Waals surface area contributed by atoms with Crippen molar-refractivity contribution < 1.29 is 9.90 Å². The van der Waals surface area contributed by atoms with Gasteiger partial charge in [-0.2, -0.15) is 0 Å². The molecule has 0 fully saturated rings. The van der Waals surface area contributed by atoms with Crippen molar-refractivity contribution in [1.29, 1.82) is 0 Å². The molecule has 0 saturated heterocycles. The van der Waals surface area contributed by atoms with Gasteiger partial charge in [-0.3, -0.25) is 4.79 Å². The van der Waals surface area contributed by atoms with Crippen molar-refractivity contribution in [2.24, 2.45) is 0 Å². The Morgan fingerprint density at radius 1 is 1.40 bits per heavy atom. The molecule has 2 rings (SSSR count). The summed E-state index contributed by atoms with van der Waals surface area (Å²) in [5.41, 5.74) is 1.16. The highest BCUT2D eigenvalue weighted by Crippen LogP contribution is 2.25. The maximum absolute atomic E-state index is 12.4. The molecule has 0 bridgehead atoms. The third-order valence-electron chi connectivity index (χ3n) is 3.13. The fraction of sp³-hybridized carbons (Fsp3) is 0.214. The summed E-state index contributed by atoms with van der Waals surface area (Å²) in [5, 5.41) is 9.53. The highest BCUT2D eigenvalue weighted by atomic mass is 35.5. The molecule has 1 aromatic heterocycles. The monoisotopic (exact) mass is 291 g/mol. The van der Waals surface area contributed by atoms with Crippen molar-refractivity contribution in [2.75, 3.05) is 7.05 Å². The molecule has 1 N–H and O–H groups in total. The Balaban J connectivity index is 2.22. The van der Waals surface area contributed by atoms with Crippen LogP contribution >= 0.6 is 11.6 Å². The highest BCUT2D eigenvalue weighted by molar-refractivity contribution is 6.32. The second-order valence-corrected chi connectivity index (χ2v) is 4.80. The fourth-order valence-corrected chi connectivity index (χ4v) is 1.95. The smallest absolute Gasteiger partial charge is 0.254 e. The van der Waals surface area contributed by atoms with Crippen molar-refractivity contribution in [3.63, 3.8) is 0 Å². The van der Waals surface area contributed by atoms with Gasteiger partial charge in [0.25, 0.3) is 5.91 Å². The lowest BCUT2D eigenvalue weighted by Crippen LogP contribution is -2.30. The average molecular weight is 292 g/mol. The van der Waals surface area contributed by atoms with Crippen LogP contribution in [0.15, 0.2) is 36.8 Å². The van der Waals surface area contributed by atoms with Crippen molar-refractivity contribution >= 4 is 17.5 Å². The summed E-state index contributed by atoms with van der Waals surface area (Å²) in [6.45, 7) is 1.88. The molecule has 104 valence electrons. The summed E-state index contributed by atoms with van der Waals surface area (Å²) in [5.74, 6) is -0.243. The van der Waals surface area contributed by atoms with Gasteiger partial charge in [-0.25, -0.2) is 9.97 Å². The zero-order valence-corrected chi connectivity index (χ0v) is 11.9. The molecule has 0 radical (unpaired) electrons. The van der Waals surface area contributed by atoms with E-state index in [1.54, 1.807) is 24.2 Å². The molecule has 5 nitrogen and oxygen atoms in total. The van der Waals surface area contributed by atoms with Crippen LogP contribution in [0.5, 0.6) is 5.75 Å². The number of phenolic OH excluding ortho intramolecular Hbond substituents is 1. The van der Waals surface area contributed by atoms with E-state index in [4.69, 9.17) is 11.6 Å². The number of benzene rings is 1. The molecule has 0 aliphatic rings. The Labute approximate surface area is 121 Å². The van der Waals surface area contributed by atoms with Gasteiger partial charge in [-0.15, -0.1) is 0 Å². The molecule has 0 aliphatic carbocycles. The molecule has 1 aromatic carbocycles. The quantitative estimate of drug-likeness (QED) is 0.944. The lowest BCUT2D eigenvalue weighted by molar-refractivity contribution is 0.0739. The number of aromatic nitrogens is 2. The largest absolute Gasteiger partial charge is 0.506 e. The van der Waals surface area contributed by atoms with Crippen LogP contribution < -0.4 is 0 Å². The zero-order chi connectivity index (χ0) is 14.7. The van der Waals surface area contributed by atoms with Crippen LogP contribution in [-0.4, -0.2) is 32.9 Å². The van der Waals surface area contributed by atoms with E-state index in [1.807, 2.05) is 6.92 Å². The van der Waals surface area contributed by atoms with Gasteiger partial charge in [0.15, 0.2) is 0 Å². The Hall–Kier alpha value is -2.14. The van der Waals surface area contributed by atoms with E-state index in [0.717, 1.165) is 5.69 Å². The standard InChI is InChI=1S/C14H14ClN3O2/c1-9(12-5-6-16-8-17-12)18(2)14(20)10-3-4-13(19)11(15)7-10/h3-9,19H,1-2H3/t9-/m0/s1. The van der Waals surface area contributed by atoms with Crippen LogP contribution in [-0.2, 0) is 0 Å². The van der Waals surface area contributed by atoms with Crippen molar-refractivity contribution in [1.82, 2.24) is 14.9 Å². The van der Waals surface area contributed by atoms with Gasteiger partial charge in [0.2, 0.25) is 0 Å². The van der Waals surface area contributed by atoms with E-state index >= 15 is 0 Å². The molecule has 20 heavy (non-hydrogen) atoms. The number of halogens is 1. The van der Waals surface area contributed by atoms with Gasteiger partial charge in [0.05, 0.1) is 16.8 Å². The highest BCUT2D eigenvalue weighted by Gasteiger charge is 2.20. The zero-order valence-electron chi connectivity index (χ0n) is 11.1. The normalized spacial score (nSPS) is 11.9. The molecule has 1 amide bonds. The molecule has 1 heterocycles. The molecular formula is C14H14ClN3O2. The number of nitrogens with zero attached hydrogens (tertiary/aromatic N) is 3. The Morgan fingerprint density at radius 3 is 2.75 bits per heavy atom. The van der Waals surface area contributed by atoms with E-state index in [1.165, 1.54) is 24.5 Å². The van der Waals surface area contributed by atoms with Crippen molar-refractivity contribution in [2.45, 2.75) is 13.0 Å². The summed E-state index contributed by atoms with van der Waals surface area (Å²) in [6.07, 6.45) is 3.08. The van der Waals surface area contributed by atoms with Crippen molar-refractivity contribution in [3.05, 3.63) is 53.1 Å². The Bertz CT molecular complexity index is 619. The molecule has 2 aromatic rings. The van der Waals surface area contributed by atoms with Crippen LogP contribution in [0.25, 0.3) is 0 Å². The minimum atomic E-state index is -0.196. The number of hydrogen-bond acceptors (Lipinski definition) is 4. The van der Waals surface area contributed by atoms with Crippen molar-refractivity contribution in [3.8, 4) is 5.75 Å². The predicted molar refractivity (Wildman–Crippen MR) is 75.7 cm³/mol. The van der Waals surface area contributed by atoms with Gasteiger partial charge in [0.1, 0.15) is 12.1 Å². The summed E-state index contributed by atoms with van der Waals surface area (Å²) in [4.78, 5) is 21.9. The van der Waals surface area contributed by atoms with Crippen LogP contribution in [0.4, 0.5) is 0 Å². The summed E-state index contributed by atoms with van der Waals surface area (Å²) in [6, 6.07) is 5.95. The molecule has 1 atom stereocenters. The average Bonchev–Trinajstić information content (AvgIpc) is 2.48. The van der Waals surface area contributed by atoms with E-state index < -0.39 is 0 Å². The van der Waals surface area contributed by atoms with Gasteiger partial charge in [-0.05, 0) is 31.2 Å². The number of phenols is 1. The molecule has 0 aliphatic heterocycles.